The zero-order valence-corrected chi connectivity index (χ0v) is 13.6. The molecule has 1 aliphatic rings. The number of hydrogen-bond acceptors (Lipinski definition) is 2. The number of benzene rings is 1. The van der Waals surface area contributed by atoms with Crippen LogP contribution in [0.2, 0.25) is 0 Å². The van der Waals surface area contributed by atoms with Crippen molar-refractivity contribution in [1.29, 1.82) is 0 Å². The van der Waals surface area contributed by atoms with Gasteiger partial charge in [0, 0.05) is 17.8 Å². The van der Waals surface area contributed by atoms with Crippen LogP contribution in [0.5, 0.6) is 0 Å². The summed E-state index contributed by atoms with van der Waals surface area (Å²) >= 11 is 0. The third-order valence-corrected chi connectivity index (χ3v) is 3.96. The molecule has 1 amide bonds. The van der Waals surface area contributed by atoms with Crippen LogP contribution in [0.25, 0.3) is 11.1 Å². The van der Waals surface area contributed by atoms with Crippen LogP contribution in [-0.2, 0) is 4.79 Å². The molecular weight excluding hydrogens is 317 g/mol. The summed E-state index contributed by atoms with van der Waals surface area (Å²) in [6.07, 6.45) is 0.861. The van der Waals surface area contributed by atoms with Gasteiger partial charge in [-0.15, -0.1) is 0 Å². The van der Waals surface area contributed by atoms with Crippen LogP contribution in [0, 0.1) is 0 Å². The van der Waals surface area contributed by atoms with E-state index in [1.807, 2.05) is 17.5 Å². The molecule has 6 heteroatoms. The molecule has 3 nitrogen and oxygen atoms in total. The van der Waals surface area contributed by atoms with E-state index >= 15 is 0 Å². The first-order chi connectivity index (χ1) is 11.3. The number of nitrogens with one attached hydrogen (secondary N) is 2. The van der Waals surface area contributed by atoms with Gasteiger partial charge in [-0.05, 0) is 61.6 Å². The summed E-state index contributed by atoms with van der Waals surface area (Å²) in [6.45, 7) is 4.56. The maximum atomic E-state index is 12.6. The second kappa shape index (κ2) is 7.66. The topological polar surface area (TPSA) is 41.1 Å². The standard InChI is InChI=1S/C18H21F3N2O/c1-12(11-22-2)14-8-9-16(23-17(24)18(19,20)21)15(10-14)13-6-4-3-5-7-13/h6,8-10,22H,1,3-5,7,11H2,2H3,(H,23,24). The van der Waals surface area contributed by atoms with Crippen LogP contribution in [-0.4, -0.2) is 25.7 Å². The number of rotatable bonds is 5. The number of halogens is 3. The highest BCUT2D eigenvalue weighted by molar-refractivity contribution is 5.98. The molecule has 0 unspecified atom stereocenters. The van der Waals surface area contributed by atoms with Crippen molar-refractivity contribution in [1.82, 2.24) is 5.32 Å². The summed E-state index contributed by atoms with van der Waals surface area (Å²) in [5, 5.41) is 4.99. The SMILES string of the molecule is C=C(CNC)c1ccc(NC(=O)C(F)(F)F)c(C2=CCCCC2)c1. The smallest absolute Gasteiger partial charge is 0.318 e. The van der Waals surface area contributed by atoms with Crippen molar-refractivity contribution >= 4 is 22.7 Å². The summed E-state index contributed by atoms with van der Waals surface area (Å²) < 4.78 is 37.7. The molecule has 0 fully saturated rings. The number of carbonyl (C=O) groups excluding carboxylic acids is 1. The second-order valence-electron chi connectivity index (χ2n) is 5.82. The van der Waals surface area contributed by atoms with Gasteiger partial charge in [0.05, 0.1) is 0 Å². The minimum absolute atomic E-state index is 0.187. The van der Waals surface area contributed by atoms with Gasteiger partial charge in [-0.2, -0.15) is 13.2 Å². The van der Waals surface area contributed by atoms with Crippen LogP contribution in [0.3, 0.4) is 0 Å². The van der Waals surface area contributed by atoms with Gasteiger partial charge in [0.15, 0.2) is 0 Å². The third kappa shape index (κ3) is 4.47. The van der Waals surface area contributed by atoms with Gasteiger partial charge in [-0.3, -0.25) is 4.79 Å². The van der Waals surface area contributed by atoms with E-state index in [-0.39, 0.29) is 5.69 Å². The largest absolute Gasteiger partial charge is 0.471 e. The van der Waals surface area contributed by atoms with Gasteiger partial charge < -0.3 is 10.6 Å². The number of hydrogen-bond donors (Lipinski definition) is 2. The maximum Gasteiger partial charge on any atom is 0.471 e. The van der Waals surface area contributed by atoms with Crippen molar-refractivity contribution in [3.8, 4) is 0 Å². The Hall–Kier alpha value is -2.08. The highest BCUT2D eigenvalue weighted by Gasteiger charge is 2.39. The Morgan fingerprint density at radius 3 is 2.62 bits per heavy atom. The van der Waals surface area contributed by atoms with E-state index in [4.69, 9.17) is 0 Å². The molecule has 0 atom stereocenters. The Morgan fingerprint density at radius 1 is 1.29 bits per heavy atom. The summed E-state index contributed by atoms with van der Waals surface area (Å²) in [6, 6.07) is 5.01. The lowest BCUT2D eigenvalue weighted by atomic mass is 9.90. The fraction of sp³-hybridized carbons (Fsp3) is 0.389. The van der Waals surface area contributed by atoms with Gasteiger partial charge in [-0.25, -0.2) is 0 Å². The first-order valence-electron chi connectivity index (χ1n) is 7.87. The summed E-state index contributed by atoms with van der Waals surface area (Å²) in [7, 11) is 1.80. The van der Waals surface area contributed by atoms with Crippen molar-refractivity contribution < 1.29 is 18.0 Å². The number of anilines is 1. The highest BCUT2D eigenvalue weighted by Crippen LogP contribution is 2.34. The van der Waals surface area contributed by atoms with Crippen LogP contribution >= 0.6 is 0 Å². The van der Waals surface area contributed by atoms with Crippen molar-refractivity contribution in [3.05, 3.63) is 42.0 Å². The zero-order valence-electron chi connectivity index (χ0n) is 13.6. The molecule has 0 spiro atoms. The molecular formula is C18H21F3N2O. The highest BCUT2D eigenvalue weighted by atomic mass is 19.4. The van der Waals surface area contributed by atoms with E-state index in [9.17, 15) is 18.0 Å². The normalized spacial score (nSPS) is 14.9. The van der Waals surface area contributed by atoms with Crippen molar-refractivity contribution in [2.24, 2.45) is 0 Å². The van der Waals surface area contributed by atoms with Gasteiger partial charge in [0.1, 0.15) is 0 Å². The molecule has 0 aromatic heterocycles. The van der Waals surface area contributed by atoms with E-state index in [2.05, 4.69) is 11.9 Å². The average Bonchev–Trinajstić information content (AvgIpc) is 2.55. The van der Waals surface area contributed by atoms with Crippen LogP contribution < -0.4 is 10.6 Å². The van der Waals surface area contributed by atoms with E-state index in [0.717, 1.165) is 42.4 Å². The summed E-state index contributed by atoms with van der Waals surface area (Å²) in [5.41, 5.74) is 3.48. The van der Waals surface area contributed by atoms with Crippen molar-refractivity contribution in [2.75, 3.05) is 18.9 Å². The van der Waals surface area contributed by atoms with Gasteiger partial charge in [-0.1, -0.05) is 18.7 Å². The molecule has 1 aromatic rings. The number of carbonyl (C=O) groups is 1. The fourth-order valence-corrected chi connectivity index (χ4v) is 2.73. The number of alkyl halides is 3. The van der Waals surface area contributed by atoms with Crippen molar-refractivity contribution in [2.45, 2.75) is 31.9 Å². The third-order valence-electron chi connectivity index (χ3n) is 3.96. The number of likely N-dealkylation sites (N-methyl/N-ethyl adjacent to an activating group) is 1. The molecule has 2 N–H and O–H groups in total. The van der Waals surface area contributed by atoms with Crippen LogP contribution in [0.4, 0.5) is 18.9 Å². The lowest BCUT2D eigenvalue weighted by Gasteiger charge is -2.19. The Balaban J connectivity index is 2.40. The molecule has 1 aromatic carbocycles. The molecule has 0 bridgehead atoms. The Bertz CT molecular complexity index is 663. The lowest BCUT2D eigenvalue weighted by molar-refractivity contribution is -0.167. The molecule has 0 aliphatic heterocycles. The van der Waals surface area contributed by atoms with Gasteiger partial charge in [0.2, 0.25) is 0 Å². The number of allylic oxidation sites excluding steroid dienone is 2. The lowest BCUT2D eigenvalue weighted by Crippen LogP contribution is -2.30. The zero-order chi connectivity index (χ0) is 17.7. The molecule has 2 rings (SSSR count). The monoisotopic (exact) mass is 338 g/mol. The molecule has 24 heavy (non-hydrogen) atoms. The predicted molar refractivity (Wildman–Crippen MR) is 90.5 cm³/mol. The predicted octanol–water partition coefficient (Wildman–Crippen LogP) is 4.38. The minimum Gasteiger partial charge on any atom is -0.318 e. The molecule has 130 valence electrons. The minimum atomic E-state index is -4.91. The van der Waals surface area contributed by atoms with E-state index < -0.39 is 12.1 Å². The summed E-state index contributed by atoms with van der Waals surface area (Å²) in [4.78, 5) is 11.3. The Morgan fingerprint density at radius 2 is 2.04 bits per heavy atom. The van der Waals surface area contributed by atoms with E-state index in [1.54, 1.807) is 13.1 Å². The van der Waals surface area contributed by atoms with E-state index in [0.29, 0.717) is 12.1 Å². The maximum absolute atomic E-state index is 12.6. The van der Waals surface area contributed by atoms with Gasteiger partial charge in [0.25, 0.3) is 0 Å². The Kier molecular flexibility index (Phi) is 5.83. The first-order valence-corrected chi connectivity index (χ1v) is 7.87. The Labute approximate surface area is 139 Å². The fourth-order valence-electron chi connectivity index (χ4n) is 2.73. The average molecular weight is 338 g/mol. The molecule has 0 radical (unpaired) electrons. The molecule has 0 saturated heterocycles. The second-order valence-corrected chi connectivity index (χ2v) is 5.82. The van der Waals surface area contributed by atoms with Crippen LogP contribution in [0.1, 0.15) is 36.8 Å². The van der Waals surface area contributed by atoms with E-state index in [1.165, 1.54) is 6.07 Å². The quantitative estimate of drug-likeness (QED) is 0.837. The van der Waals surface area contributed by atoms with Crippen molar-refractivity contribution in [3.63, 3.8) is 0 Å². The molecule has 1 aliphatic carbocycles. The van der Waals surface area contributed by atoms with Gasteiger partial charge >= 0.3 is 12.1 Å². The first kappa shape index (κ1) is 18.3. The molecule has 0 saturated carbocycles. The summed E-state index contributed by atoms with van der Waals surface area (Å²) in [5.74, 6) is -1.96. The molecule has 0 heterocycles. The number of amides is 1. The van der Waals surface area contributed by atoms with Crippen LogP contribution in [0.15, 0.2) is 30.9 Å².